The number of halogens is 1. The van der Waals surface area contributed by atoms with Gasteiger partial charge < -0.3 is 14.4 Å². The third-order valence-corrected chi connectivity index (χ3v) is 9.30. The molecule has 45 heavy (non-hydrogen) atoms. The highest BCUT2D eigenvalue weighted by Gasteiger charge is 2.43. The highest BCUT2D eigenvalue weighted by molar-refractivity contribution is 6.40. The Bertz CT molecular complexity index is 1380. The Balaban J connectivity index is 0.00000400. The molecular weight excluding hydrogens is 598 g/mol. The summed E-state index contributed by atoms with van der Waals surface area (Å²) in [5, 5.41) is 0.861. The van der Waals surface area contributed by atoms with Crippen molar-refractivity contribution in [3.8, 4) is 0 Å². The molecule has 0 radical (unpaired) electrons. The molecule has 2 N–H and O–H groups in total. The molecule has 0 aromatic heterocycles. The van der Waals surface area contributed by atoms with Crippen LogP contribution in [-0.2, 0) is 36.8 Å². The quantitative estimate of drug-likeness (QED) is 0.229. The van der Waals surface area contributed by atoms with Gasteiger partial charge in [-0.3, -0.25) is 24.2 Å². The monoisotopic (exact) mass is 639 g/mol. The largest absolute Gasteiger partial charge is 0.440 e. The van der Waals surface area contributed by atoms with Crippen molar-refractivity contribution in [2.45, 2.75) is 76.2 Å². The van der Waals surface area contributed by atoms with Crippen molar-refractivity contribution in [3.63, 3.8) is 0 Å². The summed E-state index contributed by atoms with van der Waals surface area (Å²) < 4.78 is 11.5. The highest BCUT2D eigenvalue weighted by atomic mass is 35.5. The van der Waals surface area contributed by atoms with E-state index in [0.29, 0.717) is 29.7 Å². The second-order valence-corrected chi connectivity index (χ2v) is 12.1. The van der Waals surface area contributed by atoms with E-state index in [2.05, 4.69) is 4.90 Å². The molecule has 4 aliphatic rings. The maximum Gasteiger partial charge on any atom is 0.331 e. The van der Waals surface area contributed by atoms with Gasteiger partial charge in [0.2, 0.25) is 0 Å². The lowest BCUT2D eigenvalue weighted by Gasteiger charge is -2.39. The first kappa shape index (κ1) is 32.9. The van der Waals surface area contributed by atoms with E-state index in [9.17, 15) is 19.2 Å². The average Bonchev–Trinajstić information content (AvgIpc) is 3.52. The van der Waals surface area contributed by atoms with E-state index in [-0.39, 0.29) is 37.3 Å². The summed E-state index contributed by atoms with van der Waals surface area (Å²) >= 11 is 0. The van der Waals surface area contributed by atoms with Crippen LogP contribution in [0.1, 0.15) is 66.4 Å². The number of morpholine rings is 1. The minimum Gasteiger partial charge on any atom is -0.440 e. The van der Waals surface area contributed by atoms with Crippen LogP contribution >= 0.6 is 12.4 Å². The maximum absolute atomic E-state index is 14.5. The molecule has 3 aliphatic heterocycles. The highest BCUT2D eigenvalue weighted by Crippen LogP contribution is 2.31. The zero-order valence-corrected chi connectivity index (χ0v) is 26.3. The van der Waals surface area contributed by atoms with Crippen molar-refractivity contribution in [2.75, 3.05) is 37.9 Å². The standard InChI is InChI=1S/C33H41N5O6.ClH/c34-38-27-10-5-4-7-25(27)21-28(33(42)44-29-11-6-16-36(29)31(40)32(38)41)37(26-8-2-1-3-9-26)30(39)24-14-12-23(13-15-24)22-35-17-19-43-20-18-35;/h4-5,7,10,12-15,26,28-29H,1-3,6,8-9,11,16-22,34H2;1H. The number of esters is 1. The number of amides is 3. The molecule has 0 spiro atoms. The van der Waals surface area contributed by atoms with Gasteiger partial charge in [-0.2, -0.15) is 0 Å². The molecule has 2 saturated heterocycles. The second kappa shape index (κ2) is 14.7. The Morgan fingerprint density at radius 2 is 1.58 bits per heavy atom. The molecule has 2 aromatic rings. The van der Waals surface area contributed by atoms with E-state index >= 15 is 0 Å². The fourth-order valence-corrected chi connectivity index (χ4v) is 6.90. The molecule has 12 heteroatoms. The summed E-state index contributed by atoms with van der Waals surface area (Å²) in [4.78, 5) is 60.3. The van der Waals surface area contributed by atoms with Gasteiger partial charge >= 0.3 is 17.8 Å². The molecule has 3 fully saturated rings. The first-order chi connectivity index (χ1) is 21.4. The van der Waals surface area contributed by atoms with Crippen LogP contribution in [0.2, 0.25) is 0 Å². The topological polar surface area (TPSA) is 126 Å². The number of para-hydroxylation sites is 1. The van der Waals surface area contributed by atoms with Gasteiger partial charge in [0.25, 0.3) is 5.91 Å². The van der Waals surface area contributed by atoms with Gasteiger partial charge in [0.15, 0.2) is 6.23 Å². The van der Waals surface area contributed by atoms with Gasteiger partial charge in [-0.05, 0) is 48.6 Å². The molecule has 242 valence electrons. The second-order valence-electron chi connectivity index (χ2n) is 12.1. The number of benzene rings is 2. The zero-order valence-electron chi connectivity index (χ0n) is 25.5. The van der Waals surface area contributed by atoms with E-state index in [0.717, 1.165) is 75.5 Å². The van der Waals surface area contributed by atoms with Crippen LogP contribution in [0, 0.1) is 0 Å². The molecular formula is C33H42ClN5O6. The lowest BCUT2D eigenvalue weighted by atomic mass is 9.91. The first-order valence-corrected chi connectivity index (χ1v) is 15.8. The van der Waals surface area contributed by atoms with Crippen LogP contribution in [0.25, 0.3) is 0 Å². The molecule has 11 nitrogen and oxygen atoms in total. The Kier molecular flexibility index (Phi) is 10.8. The summed E-state index contributed by atoms with van der Waals surface area (Å²) in [6.07, 6.45) is 4.76. The molecule has 1 aliphatic carbocycles. The van der Waals surface area contributed by atoms with Crippen molar-refractivity contribution >= 4 is 41.8 Å². The van der Waals surface area contributed by atoms with Gasteiger partial charge in [-0.1, -0.05) is 49.6 Å². The number of carbonyl (C=O) groups excluding carboxylic acids is 4. The maximum atomic E-state index is 14.5. The number of hydrogen-bond acceptors (Lipinski definition) is 8. The molecule has 3 amide bonds. The van der Waals surface area contributed by atoms with Crippen molar-refractivity contribution in [3.05, 3.63) is 65.2 Å². The van der Waals surface area contributed by atoms with E-state index in [1.54, 1.807) is 29.2 Å². The normalized spacial score (nSPS) is 23.4. The van der Waals surface area contributed by atoms with Gasteiger partial charge in [0, 0.05) is 50.6 Å². The molecule has 2 unspecified atom stereocenters. The average molecular weight is 640 g/mol. The summed E-state index contributed by atoms with van der Waals surface area (Å²) in [6, 6.07) is 13.5. The molecule has 0 bridgehead atoms. The number of rotatable bonds is 5. The van der Waals surface area contributed by atoms with Gasteiger partial charge in [0.05, 0.1) is 18.9 Å². The van der Waals surface area contributed by atoms with Crippen molar-refractivity contribution < 1.29 is 28.7 Å². The predicted octanol–water partition coefficient (Wildman–Crippen LogP) is 3.04. The smallest absolute Gasteiger partial charge is 0.331 e. The van der Waals surface area contributed by atoms with Crippen LogP contribution in [0.5, 0.6) is 0 Å². The Morgan fingerprint density at radius 1 is 0.867 bits per heavy atom. The number of ether oxygens (including phenoxy) is 2. The summed E-state index contributed by atoms with van der Waals surface area (Å²) in [7, 11) is 0. The fraction of sp³-hybridized carbons (Fsp3) is 0.515. The van der Waals surface area contributed by atoms with Crippen LogP contribution in [0.3, 0.4) is 0 Å². The lowest BCUT2D eigenvalue weighted by molar-refractivity contribution is -0.168. The SMILES string of the molecule is Cl.NN1C(=O)C(=O)N2CCCC2OC(=O)C(N(C(=O)c2ccc(CN3CCOCC3)cc2)C2CCCCC2)Cc2ccccc21. The van der Waals surface area contributed by atoms with Crippen molar-refractivity contribution in [1.82, 2.24) is 14.7 Å². The third kappa shape index (κ3) is 7.17. The zero-order chi connectivity index (χ0) is 30.6. The third-order valence-electron chi connectivity index (χ3n) is 9.30. The molecule has 1 saturated carbocycles. The van der Waals surface area contributed by atoms with Crippen LogP contribution in [-0.4, -0.2) is 89.6 Å². The number of carbonyl (C=O) groups is 4. The summed E-state index contributed by atoms with van der Waals surface area (Å²) in [6.45, 7) is 4.24. The van der Waals surface area contributed by atoms with Crippen molar-refractivity contribution in [1.29, 1.82) is 0 Å². The lowest BCUT2D eigenvalue weighted by Crippen LogP contribution is -2.54. The minimum absolute atomic E-state index is 0. The molecule has 3 heterocycles. The Morgan fingerprint density at radius 3 is 2.31 bits per heavy atom. The molecule has 2 atom stereocenters. The number of nitrogens with zero attached hydrogens (tertiary/aromatic N) is 4. The number of hydrogen-bond donors (Lipinski definition) is 1. The Hall–Kier alpha value is -3.51. The Labute approximate surface area is 270 Å². The number of nitrogens with two attached hydrogens (primary N) is 1. The molecule has 6 rings (SSSR count). The van der Waals surface area contributed by atoms with Crippen LogP contribution < -0.4 is 10.9 Å². The van der Waals surface area contributed by atoms with Gasteiger partial charge in [0.1, 0.15) is 6.04 Å². The summed E-state index contributed by atoms with van der Waals surface area (Å²) in [5.74, 6) is 3.74. The minimum atomic E-state index is -0.973. The molecule has 2 aromatic carbocycles. The van der Waals surface area contributed by atoms with E-state index in [1.807, 2.05) is 24.3 Å². The van der Waals surface area contributed by atoms with Crippen molar-refractivity contribution in [2.24, 2.45) is 5.84 Å². The first-order valence-electron chi connectivity index (χ1n) is 15.8. The fourth-order valence-electron chi connectivity index (χ4n) is 6.90. The number of anilines is 1. The van der Waals surface area contributed by atoms with Gasteiger partial charge in [-0.15, -0.1) is 12.4 Å². The summed E-state index contributed by atoms with van der Waals surface area (Å²) in [5.41, 5.74) is 2.51. The number of hydrazine groups is 1. The van der Waals surface area contributed by atoms with E-state index in [4.69, 9.17) is 15.3 Å². The van der Waals surface area contributed by atoms with Crippen LogP contribution in [0.15, 0.2) is 48.5 Å². The van der Waals surface area contributed by atoms with E-state index < -0.39 is 30.1 Å². The van der Waals surface area contributed by atoms with Crippen LogP contribution in [0.4, 0.5) is 5.69 Å². The van der Waals surface area contributed by atoms with Gasteiger partial charge in [-0.25, -0.2) is 15.6 Å². The van der Waals surface area contributed by atoms with E-state index in [1.165, 1.54) is 4.90 Å². The predicted molar refractivity (Wildman–Crippen MR) is 169 cm³/mol. The number of fused-ring (bicyclic) bond motifs is 2.